The fourth-order valence-corrected chi connectivity index (χ4v) is 4.06. The predicted molar refractivity (Wildman–Crippen MR) is 125 cm³/mol. The zero-order valence-corrected chi connectivity index (χ0v) is 16.8. The summed E-state index contributed by atoms with van der Waals surface area (Å²) in [5, 5.41) is 22.3. The number of nitrogens with two attached hydrogens (primary N) is 1. The molecule has 0 aliphatic carbocycles. The van der Waals surface area contributed by atoms with Crippen molar-refractivity contribution in [3.05, 3.63) is 100 Å². The van der Waals surface area contributed by atoms with Gasteiger partial charge in [-0.3, -0.25) is 0 Å². The third kappa shape index (κ3) is 2.89. The molecule has 1 aromatic heterocycles. The number of fused-ring (bicyclic) bond motifs is 3. The highest BCUT2D eigenvalue weighted by molar-refractivity contribution is 6.06. The molecule has 4 aromatic carbocycles. The standard InChI is InChI=1S/C27H15N3O2/c28-14-23-19(16-6-2-1-3-7-16)12-20(24(15-29)26(23)30)22-13-21-18-9-5-4-8-17(18)10-11-25(21)32-27(22)31/h1-13H,30H2. The van der Waals surface area contributed by atoms with Crippen LogP contribution in [0.1, 0.15) is 11.1 Å². The highest BCUT2D eigenvalue weighted by Crippen LogP contribution is 2.37. The van der Waals surface area contributed by atoms with Gasteiger partial charge in [-0.2, -0.15) is 10.5 Å². The molecular weight excluding hydrogens is 398 g/mol. The maximum atomic E-state index is 13.0. The van der Waals surface area contributed by atoms with Crippen LogP contribution in [0.3, 0.4) is 0 Å². The normalized spacial score (nSPS) is 10.7. The number of rotatable bonds is 2. The molecule has 0 saturated carbocycles. The topological polar surface area (TPSA) is 104 Å². The first-order chi connectivity index (χ1) is 15.6. The molecule has 0 radical (unpaired) electrons. The Labute approximate surface area is 183 Å². The minimum absolute atomic E-state index is 0.0452. The molecule has 0 spiro atoms. The number of anilines is 1. The van der Waals surface area contributed by atoms with E-state index in [1.54, 1.807) is 18.2 Å². The molecule has 1 heterocycles. The summed E-state index contributed by atoms with van der Waals surface area (Å²) >= 11 is 0. The minimum Gasteiger partial charge on any atom is -0.422 e. The van der Waals surface area contributed by atoms with E-state index in [0.717, 1.165) is 21.7 Å². The summed E-state index contributed by atoms with van der Waals surface area (Å²) in [6.45, 7) is 0. The van der Waals surface area contributed by atoms with Crippen LogP contribution in [0.25, 0.3) is 44.0 Å². The van der Waals surface area contributed by atoms with Gasteiger partial charge in [-0.25, -0.2) is 4.79 Å². The maximum absolute atomic E-state index is 13.0. The molecule has 0 amide bonds. The van der Waals surface area contributed by atoms with E-state index in [2.05, 4.69) is 12.1 Å². The van der Waals surface area contributed by atoms with Crippen molar-refractivity contribution in [1.82, 2.24) is 0 Å². The minimum atomic E-state index is -0.576. The van der Waals surface area contributed by atoms with E-state index in [1.165, 1.54) is 0 Å². The lowest BCUT2D eigenvalue weighted by atomic mass is 9.89. The molecule has 5 heteroatoms. The van der Waals surface area contributed by atoms with Crippen molar-refractivity contribution in [2.75, 3.05) is 5.73 Å². The second kappa shape index (κ2) is 7.43. The van der Waals surface area contributed by atoms with Crippen LogP contribution in [0.15, 0.2) is 88.1 Å². The van der Waals surface area contributed by atoms with Crippen LogP contribution in [-0.4, -0.2) is 0 Å². The number of hydrogen-bond donors (Lipinski definition) is 1. The number of benzene rings is 4. The van der Waals surface area contributed by atoms with E-state index in [-0.39, 0.29) is 22.4 Å². The van der Waals surface area contributed by atoms with E-state index >= 15 is 0 Å². The SMILES string of the molecule is N#Cc1c(-c2ccccc2)cc(-c2cc3c(ccc4ccccc43)oc2=O)c(C#N)c1N. The molecule has 5 aromatic rings. The van der Waals surface area contributed by atoms with E-state index in [0.29, 0.717) is 16.7 Å². The summed E-state index contributed by atoms with van der Waals surface area (Å²) < 4.78 is 5.63. The van der Waals surface area contributed by atoms with Crippen LogP contribution < -0.4 is 11.4 Å². The zero-order chi connectivity index (χ0) is 22.2. The lowest BCUT2D eigenvalue weighted by Crippen LogP contribution is -2.07. The summed E-state index contributed by atoms with van der Waals surface area (Å²) in [5.74, 6) is 0. The van der Waals surface area contributed by atoms with Gasteiger partial charge in [0.1, 0.15) is 17.7 Å². The molecule has 32 heavy (non-hydrogen) atoms. The Morgan fingerprint density at radius 1 is 0.719 bits per heavy atom. The van der Waals surface area contributed by atoms with Crippen molar-refractivity contribution < 1.29 is 4.42 Å². The van der Waals surface area contributed by atoms with Crippen molar-refractivity contribution in [2.24, 2.45) is 0 Å². The van der Waals surface area contributed by atoms with Crippen LogP contribution in [0.2, 0.25) is 0 Å². The van der Waals surface area contributed by atoms with Crippen molar-refractivity contribution in [1.29, 1.82) is 10.5 Å². The molecule has 5 rings (SSSR count). The summed E-state index contributed by atoms with van der Waals surface area (Å²) in [6, 6.07) is 28.3. The number of nitrogens with zero attached hydrogens (tertiary/aromatic N) is 2. The number of nitrogen functional groups attached to an aromatic ring is 1. The fraction of sp³-hybridized carbons (Fsp3) is 0. The van der Waals surface area contributed by atoms with Gasteiger partial charge in [0, 0.05) is 16.5 Å². The van der Waals surface area contributed by atoms with E-state index in [1.807, 2.05) is 60.7 Å². The first-order valence-corrected chi connectivity index (χ1v) is 9.90. The molecule has 0 aliphatic rings. The fourth-order valence-electron chi connectivity index (χ4n) is 4.06. The van der Waals surface area contributed by atoms with Gasteiger partial charge in [0.05, 0.1) is 22.4 Å². The second-order valence-electron chi connectivity index (χ2n) is 7.37. The molecule has 0 aliphatic heterocycles. The maximum Gasteiger partial charge on any atom is 0.344 e. The Bertz CT molecular complexity index is 1670. The summed E-state index contributed by atoms with van der Waals surface area (Å²) in [6.07, 6.45) is 0. The molecule has 0 saturated heterocycles. The third-order valence-corrected chi connectivity index (χ3v) is 5.61. The monoisotopic (exact) mass is 413 g/mol. The number of nitriles is 2. The van der Waals surface area contributed by atoms with Crippen molar-refractivity contribution in [2.45, 2.75) is 0 Å². The van der Waals surface area contributed by atoms with Crippen LogP contribution in [-0.2, 0) is 0 Å². The molecule has 0 unspecified atom stereocenters. The highest BCUT2D eigenvalue weighted by atomic mass is 16.4. The lowest BCUT2D eigenvalue weighted by molar-refractivity contribution is 0.564. The number of hydrogen-bond acceptors (Lipinski definition) is 5. The smallest absolute Gasteiger partial charge is 0.344 e. The van der Waals surface area contributed by atoms with Gasteiger partial charge in [-0.05, 0) is 34.5 Å². The van der Waals surface area contributed by atoms with Crippen LogP contribution in [0, 0.1) is 22.7 Å². The zero-order valence-electron chi connectivity index (χ0n) is 16.8. The predicted octanol–water partition coefficient (Wildman–Crippen LogP) is 5.61. The Balaban J connectivity index is 1.89. The second-order valence-corrected chi connectivity index (χ2v) is 7.37. The molecule has 5 nitrogen and oxygen atoms in total. The van der Waals surface area contributed by atoms with Gasteiger partial charge in [-0.1, -0.05) is 60.7 Å². The van der Waals surface area contributed by atoms with Gasteiger partial charge in [0.25, 0.3) is 0 Å². The summed E-state index contributed by atoms with van der Waals surface area (Å²) in [7, 11) is 0. The van der Waals surface area contributed by atoms with E-state index < -0.39 is 5.63 Å². The van der Waals surface area contributed by atoms with E-state index in [4.69, 9.17) is 10.2 Å². The van der Waals surface area contributed by atoms with Crippen LogP contribution >= 0.6 is 0 Å². The largest absolute Gasteiger partial charge is 0.422 e. The first kappa shape index (κ1) is 19.1. The average Bonchev–Trinajstić information content (AvgIpc) is 2.83. The third-order valence-electron chi connectivity index (χ3n) is 5.61. The Hall–Kier alpha value is -4.87. The molecule has 2 N–H and O–H groups in total. The molecule has 150 valence electrons. The lowest BCUT2D eigenvalue weighted by Gasteiger charge is -2.14. The Morgan fingerprint density at radius 3 is 2.16 bits per heavy atom. The molecule has 0 atom stereocenters. The molecule has 0 bridgehead atoms. The Kier molecular flexibility index (Phi) is 4.44. The van der Waals surface area contributed by atoms with Crippen LogP contribution in [0.5, 0.6) is 0 Å². The molecule has 0 fully saturated rings. The summed E-state index contributed by atoms with van der Waals surface area (Å²) in [4.78, 5) is 13.0. The quantitative estimate of drug-likeness (QED) is 0.230. The van der Waals surface area contributed by atoms with Gasteiger partial charge in [0.2, 0.25) is 0 Å². The van der Waals surface area contributed by atoms with Crippen molar-refractivity contribution in [3.8, 4) is 34.4 Å². The first-order valence-electron chi connectivity index (χ1n) is 9.90. The van der Waals surface area contributed by atoms with Gasteiger partial charge < -0.3 is 10.2 Å². The molecular formula is C27H15N3O2. The highest BCUT2D eigenvalue weighted by Gasteiger charge is 2.21. The van der Waals surface area contributed by atoms with Crippen molar-refractivity contribution in [3.63, 3.8) is 0 Å². The Morgan fingerprint density at radius 2 is 1.41 bits per heavy atom. The van der Waals surface area contributed by atoms with E-state index in [9.17, 15) is 15.3 Å². The summed E-state index contributed by atoms with van der Waals surface area (Å²) in [5.41, 5.74) is 8.34. The average molecular weight is 413 g/mol. The van der Waals surface area contributed by atoms with Gasteiger partial charge in [0.15, 0.2) is 0 Å². The van der Waals surface area contributed by atoms with Gasteiger partial charge in [-0.15, -0.1) is 0 Å². The van der Waals surface area contributed by atoms with Crippen LogP contribution in [0.4, 0.5) is 5.69 Å². The van der Waals surface area contributed by atoms with Gasteiger partial charge >= 0.3 is 5.63 Å². The van der Waals surface area contributed by atoms with Crippen molar-refractivity contribution >= 4 is 27.4 Å².